The fraction of sp³-hybridized carbons (Fsp3) is 0.143. The largest absolute Gasteiger partial charge is 0.467 e. The third-order valence-corrected chi connectivity index (χ3v) is 4.74. The van der Waals surface area contributed by atoms with E-state index in [1.807, 2.05) is 48.5 Å². The summed E-state index contributed by atoms with van der Waals surface area (Å²) in [5.74, 6) is 3.93. The first-order valence-corrected chi connectivity index (χ1v) is 9.12. The van der Waals surface area contributed by atoms with Crippen LogP contribution in [0.25, 0.3) is 0 Å². The molecule has 3 rings (SSSR count). The van der Waals surface area contributed by atoms with Crippen LogP contribution in [0.1, 0.15) is 21.7 Å². The third-order valence-electron chi connectivity index (χ3n) is 3.72. The smallest absolute Gasteiger partial charge is 0.255 e. The second-order valence-corrected chi connectivity index (χ2v) is 6.59. The average Bonchev–Trinajstić information content (AvgIpc) is 3.20. The number of furan rings is 1. The van der Waals surface area contributed by atoms with Gasteiger partial charge in [0, 0.05) is 17.5 Å². The maximum absolute atomic E-state index is 12.7. The van der Waals surface area contributed by atoms with E-state index in [4.69, 9.17) is 10.8 Å². The van der Waals surface area contributed by atoms with Crippen LogP contribution in [-0.2, 0) is 12.3 Å². The van der Waals surface area contributed by atoms with Crippen LogP contribution in [0.4, 0.5) is 0 Å². The zero-order valence-electron chi connectivity index (χ0n) is 14.2. The van der Waals surface area contributed by atoms with Crippen molar-refractivity contribution < 1.29 is 9.21 Å². The topological polar surface area (TPSA) is 46.3 Å². The fourth-order valence-corrected chi connectivity index (χ4v) is 3.23. The normalized spacial score (nSPS) is 10.3. The van der Waals surface area contributed by atoms with Crippen molar-refractivity contribution >= 4 is 17.7 Å². The van der Waals surface area contributed by atoms with Crippen molar-refractivity contribution in [2.75, 3.05) is 6.54 Å². The standard InChI is InChI=1S/C21H18N2O2S/c1-2-13-23(15-19-6-5-14-25-19)21(24)18-10-8-17(9-11-18)16-26-20-7-3-4-12-22-20/h1,3-12,14H,13,15-16H2. The van der Waals surface area contributed by atoms with Crippen molar-refractivity contribution in [3.8, 4) is 12.3 Å². The Balaban J connectivity index is 1.64. The molecule has 0 bridgehead atoms. The monoisotopic (exact) mass is 362 g/mol. The van der Waals surface area contributed by atoms with Gasteiger partial charge in [-0.2, -0.15) is 0 Å². The molecule has 0 N–H and O–H groups in total. The van der Waals surface area contributed by atoms with Gasteiger partial charge in [0.05, 0.1) is 24.4 Å². The Morgan fingerprint density at radius 3 is 2.65 bits per heavy atom. The number of rotatable bonds is 7. The van der Waals surface area contributed by atoms with E-state index in [0.29, 0.717) is 17.9 Å². The molecule has 1 aromatic carbocycles. The van der Waals surface area contributed by atoms with Gasteiger partial charge < -0.3 is 9.32 Å². The highest BCUT2D eigenvalue weighted by molar-refractivity contribution is 7.98. The number of carbonyl (C=O) groups is 1. The number of amides is 1. The van der Waals surface area contributed by atoms with Crippen LogP contribution in [0.2, 0.25) is 0 Å². The van der Waals surface area contributed by atoms with E-state index in [1.54, 1.807) is 35.2 Å². The lowest BCUT2D eigenvalue weighted by atomic mass is 10.1. The van der Waals surface area contributed by atoms with Gasteiger partial charge in [0.25, 0.3) is 5.91 Å². The summed E-state index contributed by atoms with van der Waals surface area (Å²) in [5.41, 5.74) is 1.74. The molecule has 130 valence electrons. The highest BCUT2D eigenvalue weighted by Gasteiger charge is 2.16. The predicted octanol–water partition coefficient (Wildman–Crippen LogP) is 4.24. The van der Waals surface area contributed by atoms with E-state index in [1.165, 1.54) is 0 Å². The quantitative estimate of drug-likeness (QED) is 0.466. The van der Waals surface area contributed by atoms with E-state index in [-0.39, 0.29) is 12.5 Å². The van der Waals surface area contributed by atoms with Crippen molar-refractivity contribution in [1.82, 2.24) is 9.88 Å². The third kappa shape index (κ3) is 4.78. The van der Waals surface area contributed by atoms with Gasteiger partial charge in [0.15, 0.2) is 0 Å². The number of nitrogens with zero attached hydrogens (tertiary/aromatic N) is 2. The maximum Gasteiger partial charge on any atom is 0.255 e. The molecular formula is C21H18N2O2S. The highest BCUT2D eigenvalue weighted by Crippen LogP contribution is 2.21. The van der Waals surface area contributed by atoms with Crippen molar-refractivity contribution in [3.05, 3.63) is 83.9 Å². The minimum atomic E-state index is -0.108. The first-order chi connectivity index (χ1) is 12.8. The molecule has 1 amide bonds. The molecule has 4 nitrogen and oxygen atoms in total. The molecule has 0 fully saturated rings. The summed E-state index contributed by atoms with van der Waals surface area (Å²) in [6, 6.07) is 17.1. The van der Waals surface area contributed by atoms with Crippen molar-refractivity contribution in [2.24, 2.45) is 0 Å². The molecule has 2 heterocycles. The van der Waals surface area contributed by atoms with Gasteiger partial charge in [-0.1, -0.05) is 24.1 Å². The number of hydrogen-bond donors (Lipinski definition) is 0. The van der Waals surface area contributed by atoms with E-state index in [0.717, 1.165) is 16.3 Å². The molecule has 0 saturated heterocycles. The molecule has 2 aromatic heterocycles. The predicted molar refractivity (Wildman–Crippen MR) is 103 cm³/mol. The van der Waals surface area contributed by atoms with Gasteiger partial charge in [0.2, 0.25) is 0 Å². The molecule has 0 spiro atoms. The molecule has 5 heteroatoms. The number of hydrogen-bond acceptors (Lipinski definition) is 4. The van der Waals surface area contributed by atoms with Crippen molar-refractivity contribution in [1.29, 1.82) is 0 Å². The highest BCUT2D eigenvalue weighted by atomic mass is 32.2. The Bertz CT molecular complexity index is 869. The maximum atomic E-state index is 12.7. The summed E-state index contributed by atoms with van der Waals surface area (Å²) in [5, 5.41) is 0.978. The van der Waals surface area contributed by atoms with Crippen LogP contribution in [-0.4, -0.2) is 22.3 Å². The van der Waals surface area contributed by atoms with Crippen LogP contribution in [0, 0.1) is 12.3 Å². The lowest BCUT2D eigenvalue weighted by Crippen LogP contribution is -2.30. The van der Waals surface area contributed by atoms with Gasteiger partial charge in [-0.3, -0.25) is 4.79 Å². The number of terminal acetylenes is 1. The Morgan fingerprint density at radius 2 is 2.00 bits per heavy atom. The second kappa shape index (κ2) is 8.93. The number of pyridine rings is 1. The Hall–Kier alpha value is -2.97. The van der Waals surface area contributed by atoms with Gasteiger partial charge in [-0.25, -0.2) is 4.98 Å². The molecule has 0 aliphatic heterocycles. The SMILES string of the molecule is C#CCN(Cc1ccco1)C(=O)c1ccc(CSc2ccccn2)cc1. The molecule has 26 heavy (non-hydrogen) atoms. The Kier molecular flexibility index (Phi) is 6.13. The van der Waals surface area contributed by atoms with Crippen molar-refractivity contribution in [3.63, 3.8) is 0 Å². The molecule has 0 aliphatic rings. The van der Waals surface area contributed by atoms with Crippen LogP contribution in [0.15, 0.2) is 76.5 Å². The summed E-state index contributed by atoms with van der Waals surface area (Å²) < 4.78 is 5.32. The lowest BCUT2D eigenvalue weighted by Gasteiger charge is -2.19. The van der Waals surface area contributed by atoms with Gasteiger partial charge in [-0.15, -0.1) is 18.2 Å². The van der Waals surface area contributed by atoms with Crippen LogP contribution in [0.5, 0.6) is 0 Å². The van der Waals surface area contributed by atoms with Crippen LogP contribution in [0.3, 0.4) is 0 Å². The number of benzene rings is 1. The second-order valence-electron chi connectivity index (χ2n) is 5.60. The van der Waals surface area contributed by atoms with Crippen LogP contribution >= 0.6 is 11.8 Å². The number of aromatic nitrogens is 1. The summed E-state index contributed by atoms with van der Waals surface area (Å²) in [6.45, 7) is 0.587. The van der Waals surface area contributed by atoms with Crippen LogP contribution < -0.4 is 0 Å². The summed E-state index contributed by atoms with van der Waals surface area (Å²) >= 11 is 1.66. The fourth-order valence-electron chi connectivity index (χ4n) is 2.42. The Labute approximate surface area is 157 Å². The van der Waals surface area contributed by atoms with Gasteiger partial charge in [-0.05, 0) is 42.0 Å². The molecular weight excluding hydrogens is 344 g/mol. The lowest BCUT2D eigenvalue weighted by molar-refractivity contribution is 0.0755. The zero-order valence-corrected chi connectivity index (χ0v) is 15.0. The molecule has 0 saturated carbocycles. The first-order valence-electron chi connectivity index (χ1n) is 8.14. The average molecular weight is 362 g/mol. The summed E-state index contributed by atoms with van der Waals surface area (Å²) in [4.78, 5) is 18.6. The summed E-state index contributed by atoms with van der Waals surface area (Å²) in [7, 11) is 0. The van der Waals surface area contributed by atoms with E-state index in [2.05, 4.69) is 10.9 Å². The van der Waals surface area contributed by atoms with Gasteiger partial charge in [0.1, 0.15) is 5.76 Å². The van der Waals surface area contributed by atoms with E-state index in [9.17, 15) is 4.79 Å². The number of carbonyl (C=O) groups excluding carboxylic acids is 1. The molecule has 0 atom stereocenters. The summed E-state index contributed by atoms with van der Waals surface area (Å²) in [6.07, 6.45) is 8.78. The minimum absolute atomic E-state index is 0.108. The van der Waals surface area contributed by atoms with Crippen molar-refractivity contribution in [2.45, 2.75) is 17.3 Å². The zero-order chi connectivity index (χ0) is 18.2. The first kappa shape index (κ1) is 17.8. The van der Waals surface area contributed by atoms with E-state index >= 15 is 0 Å². The minimum Gasteiger partial charge on any atom is -0.467 e. The molecule has 3 aromatic rings. The molecule has 0 radical (unpaired) electrons. The number of thioether (sulfide) groups is 1. The molecule has 0 aliphatic carbocycles. The van der Waals surface area contributed by atoms with E-state index < -0.39 is 0 Å². The van der Waals surface area contributed by atoms with Gasteiger partial charge >= 0.3 is 0 Å². The Morgan fingerprint density at radius 1 is 1.15 bits per heavy atom. The molecule has 0 unspecified atom stereocenters.